The summed E-state index contributed by atoms with van der Waals surface area (Å²) in [6.45, 7) is 1.85. The number of hydrogen-bond donors (Lipinski definition) is 1. The van der Waals surface area contributed by atoms with Crippen LogP contribution in [0.25, 0.3) is 0 Å². The Kier molecular flexibility index (Phi) is 3.81. The number of rotatable bonds is 3. The van der Waals surface area contributed by atoms with Crippen LogP contribution in [0.3, 0.4) is 0 Å². The highest BCUT2D eigenvalue weighted by atomic mass is 16.1. The minimum atomic E-state index is -0.215. The molecule has 1 saturated heterocycles. The van der Waals surface area contributed by atoms with E-state index >= 15 is 0 Å². The van der Waals surface area contributed by atoms with Crippen molar-refractivity contribution in [2.75, 3.05) is 25.0 Å². The molecular formula is C14H18N6O. The van der Waals surface area contributed by atoms with E-state index in [4.69, 9.17) is 0 Å². The molecule has 7 nitrogen and oxygen atoms in total. The lowest BCUT2D eigenvalue weighted by molar-refractivity contribution is 0.0957. The molecule has 3 rings (SSSR count). The standard InChI is InChI=1S/C14H18N6O/c1-15-14(21)12-2-3-13(18-17-12)19-7-4-11(5-8-19)20-9-6-16-10-20/h2-3,6,9-11H,4-5,7-8H2,1H3,(H,15,21). The largest absolute Gasteiger partial charge is 0.355 e. The van der Waals surface area contributed by atoms with Crippen molar-refractivity contribution in [3.63, 3.8) is 0 Å². The lowest BCUT2D eigenvalue weighted by atomic mass is 10.1. The Labute approximate surface area is 123 Å². The molecule has 0 unspecified atom stereocenters. The smallest absolute Gasteiger partial charge is 0.271 e. The van der Waals surface area contributed by atoms with Gasteiger partial charge in [0.1, 0.15) is 0 Å². The Morgan fingerprint density at radius 3 is 2.67 bits per heavy atom. The maximum atomic E-state index is 11.4. The second-order valence-corrected chi connectivity index (χ2v) is 5.08. The second-order valence-electron chi connectivity index (χ2n) is 5.08. The summed E-state index contributed by atoms with van der Waals surface area (Å²) in [7, 11) is 1.58. The van der Waals surface area contributed by atoms with E-state index in [0.29, 0.717) is 11.7 Å². The van der Waals surface area contributed by atoms with Gasteiger partial charge in [-0.25, -0.2) is 4.98 Å². The monoisotopic (exact) mass is 286 g/mol. The molecule has 0 spiro atoms. The molecule has 0 aliphatic carbocycles. The zero-order valence-electron chi connectivity index (χ0n) is 11.9. The number of carbonyl (C=O) groups is 1. The van der Waals surface area contributed by atoms with Gasteiger partial charge in [-0.15, -0.1) is 10.2 Å². The van der Waals surface area contributed by atoms with Gasteiger partial charge >= 0.3 is 0 Å². The van der Waals surface area contributed by atoms with Crippen LogP contribution < -0.4 is 10.2 Å². The van der Waals surface area contributed by atoms with E-state index in [9.17, 15) is 4.79 Å². The zero-order chi connectivity index (χ0) is 14.7. The van der Waals surface area contributed by atoms with Gasteiger partial charge in [-0.3, -0.25) is 4.79 Å². The van der Waals surface area contributed by atoms with Crippen molar-refractivity contribution < 1.29 is 4.79 Å². The van der Waals surface area contributed by atoms with Crippen molar-refractivity contribution in [3.8, 4) is 0 Å². The summed E-state index contributed by atoms with van der Waals surface area (Å²) < 4.78 is 2.16. The average Bonchev–Trinajstić information content (AvgIpc) is 3.09. The minimum absolute atomic E-state index is 0.215. The summed E-state index contributed by atoms with van der Waals surface area (Å²) in [5.74, 6) is 0.611. The number of amides is 1. The lowest BCUT2D eigenvalue weighted by Gasteiger charge is -2.33. The van der Waals surface area contributed by atoms with Gasteiger partial charge in [-0.1, -0.05) is 0 Å². The van der Waals surface area contributed by atoms with Crippen LogP contribution in [0, 0.1) is 0 Å². The summed E-state index contributed by atoms with van der Waals surface area (Å²) in [6.07, 6.45) is 7.80. The second kappa shape index (κ2) is 5.90. The number of nitrogens with one attached hydrogen (secondary N) is 1. The topological polar surface area (TPSA) is 75.9 Å². The maximum absolute atomic E-state index is 11.4. The van der Waals surface area contributed by atoms with Crippen molar-refractivity contribution in [2.45, 2.75) is 18.9 Å². The molecule has 1 N–H and O–H groups in total. The first-order chi connectivity index (χ1) is 10.3. The first-order valence-electron chi connectivity index (χ1n) is 7.06. The van der Waals surface area contributed by atoms with E-state index in [1.54, 1.807) is 13.1 Å². The predicted octanol–water partition coefficient (Wildman–Crippen LogP) is 0.874. The summed E-state index contributed by atoms with van der Waals surface area (Å²) in [5, 5.41) is 10.7. The molecule has 1 amide bonds. The molecule has 0 radical (unpaired) electrons. The van der Waals surface area contributed by atoms with Crippen molar-refractivity contribution >= 4 is 11.7 Å². The molecule has 21 heavy (non-hydrogen) atoms. The molecule has 1 fully saturated rings. The number of aromatic nitrogens is 4. The van der Waals surface area contributed by atoms with Crippen LogP contribution in [0.15, 0.2) is 30.9 Å². The van der Waals surface area contributed by atoms with Crippen molar-refractivity contribution in [2.24, 2.45) is 0 Å². The molecular weight excluding hydrogens is 268 g/mol. The molecule has 2 aromatic heterocycles. The highest BCUT2D eigenvalue weighted by Gasteiger charge is 2.21. The Bertz CT molecular complexity index is 586. The fourth-order valence-electron chi connectivity index (χ4n) is 2.62. The number of nitrogens with zero attached hydrogens (tertiary/aromatic N) is 5. The van der Waals surface area contributed by atoms with Crippen molar-refractivity contribution in [1.29, 1.82) is 0 Å². The Morgan fingerprint density at radius 1 is 1.29 bits per heavy atom. The SMILES string of the molecule is CNC(=O)c1ccc(N2CCC(n3ccnc3)CC2)nn1. The van der Waals surface area contributed by atoms with Crippen molar-refractivity contribution in [3.05, 3.63) is 36.5 Å². The van der Waals surface area contributed by atoms with Crippen LogP contribution in [0.1, 0.15) is 29.4 Å². The molecule has 0 aromatic carbocycles. The fourth-order valence-corrected chi connectivity index (χ4v) is 2.62. The summed E-state index contributed by atoms with van der Waals surface area (Å²) >= 11 is 0. The molecule has 1 aliphatic heterocycles. The zero-order valence-corrected chi connectivity index (χ0v) is 11.9. The Hall–Kier alpha value is -2.44. The van der Waals surface area contributed by atoms with Crippen LogP contribution in [-0.4, -0.2) is 45.8 Å². The van der Waals surface area contributed by atoms with E-state index in [1.165, 1.54) is 0 Å². The number of carbonyl (C=O) groups excluding carboxylic acids is 1. The number of imidazole rings is 1. The summed E-state index contributed by atoms with van der Waals surface area (Å²) in [6, 6.07) is 4.07. The number of hydrogen-bond acceptors (Lipinski definition) is 5. The normalized spacial score (nSPS) is 16.0. The molecule has 0 atom stereocenters. The molecule has 7 heteroatoms. The van der Waals surface area contributed by atoms with Gasteiger partial charge < -0.3 is 14.8 Å². The molecule has 0 bridgehead atoms. The predicted molar refractivity (Wildman–Crippen MR) is 78.1 cm³/mol. The highest BCUT2D eigenvalue weighted by Crippen LogP contribution is 2.24. The van der Waals surface area contributed by atoms with E-state index in [0.717, 1.165) is 31.7 Å². The number of anilines is 1. The Balaban J connectivity index is 1.63. The van der Waals surface area contributed by atoms with Gasteiger partial charge in [-0.05, 0) is 25.0 Å². The first-order valence-corrected chi connectivity index (χ1v) is 7.06. The number of piperidine rings is 1. The average molecular weight is 286 g/mol. The Morgan fingerprint density at radius 2 is 2.10 bits per heavy atom. The molecule has 0 saturated carbocycles. The van der Waals surface area contributed by atoms with Crippen LogP contribution >= 0.6 is 0 Å². The van der Waals surface area contributed by atoms with Gasteiger partial charge in [0.25, 0.3) is 5.91 Å². The third kappa shape index (κ3) is 2.86. The van der Waals surface area contributed by atoms with Crippen LogP contribution in [-0.2, 0) is 0 Å². The van der Waals surface area contributed by atoms with E-state index in [1.807, 2.05) is 24.8 Å². The highest BCUT2D eigenvalue weighted by molar-refractivity contribution is 5.91. The fraction of sp³-hybridized carbons (Fsp3) is 0.429. The third-order valence-corrected chi connectivity index (χ3v) is 3.85. The van der Waals surface area contributed by atoms with Gasteiger partial charge in [0.05, 0.1) is 6.33 Å². The summed E-state index contributed by atoms with van der Waals surface area (Å²) in [4.78, 5) is 17.7. The quantitative estimate of drug-likeness (QED) is 0.906. The van der Waals surface area contributed by atoms with Crippen LogP contribution in [0.5, 0.6) is 0 Å². The van der Waals surface area contributed by atoms with E-state index in [-0.39, 0.29) is 5.91 Å². The van der Waals surface area contributed by atoms with Gasteiger partial charge in [-0.2, -0.15) is 0 Å². The molecule has 1 aliphatic rings. The van der Waals surface area contributed by atoms with Crippen LogP contribution in [0.2, 0.25) is 0 Å². The molecule has 2 aromatic rings. The van der Waals surface area contributed by atoms with E-state index in [2.05, 4.69) is 30.0 Å². The minimum Gasteiger partial charge on any atom is -0.355 e. The third-order valence-electron chi connectivity index (χ3n) is 3.85. The van der Waals surface area contributed by atoms with Crippen LogP contribution in [0.4, 0.5) is 5.82 Å². The van der Waals surface area contributed by atoms with E-state index < -0.39 is 0 Å². The van der Waals surface area contributed by atoms with Gasteiger partial charge in [0.2, 0.25) is 0 Å². The maximum Gasteiger partial charge on any atom is 0.271 e. The van der Waals surface area contributed by atoms with Gasteiger partial charge in [0, 0.05) is 38.6 Å². The lowest BCUT2D eigenvalue weighted by Crippen LogP contribution is -2.35. The first kappa shape index (κ1) is 13.5. The molecule has 3 heterocycles. The van der Waals surface area contributed by atoms with Crippen molar-refractivity contribution in [1.82, 2.24) is 25.1 Å². The molecule has 110 valence electrons. The van der Waals surface area contributed by atoms with Gasteiger partial charge in [0.15, 0.2) is 11.5 Å². The summed E-state index contributed by atoms with van der Waals surface area (Å²) in [5.41, 5.74) is 0.342.